The van der Waals surface area contributed by atoms with Gasteiger partial charge in [0.25, 0.3) is 0 Å². The highest BCUT2D eigenvalue weighted by atomic mass is 32.3. The second kappa shape index (κ2) is 12.2. The summed E-state index contributed by atoms with van der Waals surface area (Å²) in [6.45, 7) is -0.483. The van der Waals surface area contributed by atoms with Crippen molar-refractivity contribution in [3.8, 4) is 0 Å². The van der Waals surface area contributed by atoms with Crippen LogP contribution in [-0.4, -0.2) is 164 Å². The zero-order chi connectivity index (χ0) is 27.8. The SMILES string of the molecule is C[C@@H]1O[C@@H](O[C@@H]2[C@H](O)[C@H](O)O[C@@H](CO)[C@H]2O[C@@H]2O[C@@H](CO)[C@H](O)[C@H](OS(=O)(=O)O)[C@@H]2O)[C@@H](O)[C@@H](O)[C@@H]1O. The molecule has 19 heteroatoms. The molecule has 3 rings (SSSR count). The van der Waals surface area contributed by atoms with Crippen LogP contribution in [0.1, 0.15) is 6.92 Å². The van der Waals surface area contributed by atoms with E-state index >= 15 is 0 Å². The molecule has 3 fully saturated rings. The standard InChI is InChI=1S/C18H32O18S/c1-4-7(21)9(23)10(24)17(31-4)35-15-11(25)16(27)32-6(3-20)13(15)34-18-12(26)14(36-37(28,29)30)8(22)5(2-19)33-18/h4-27H,2-3H2,1H3,(H,28,29,30)/t4-,5-,6-,7+,8-,9-,10-,11-,12-,13+,14-,15+,16+,17-,18-/m0/s1. The monoisotopic (exact) mass is 568 g/mol. The number of rotatable bonds is 8. The number of ether oxygens (including phenoxy) is 5. The van der Waals surface area contributed by atoms with E-state index in [9.17, 15) is 54.4 Å². The van der Waals surface area contributed by atoms with Gasteiger partial charge in [-0.25, -0.2) is 4.18 Å². The summed E-state index contributed by atoms with van der Waals surface area (Å²) >= 11 is 0. The molecule has 0 saturated carbocycles. The Balaban J connectivity index is 1.88. The van der Waals surface area contributed by atoms with Crippen LogP contribution in [0.15, 0.2) is 0 Å². The lowest BCUT2D eigenvalue weighted by molar-refractivity contribution is -0.381. The van der Waals surface area contributed by atoms with Crippen molar-refractivity contribution in [2.24, 2.45) is 0 Å². The lowest BCUT2D eigenvalue weighted by Gasteiger charge is -2.48. The third kappa shape index (κ3) is 6.73. The number of hydrogen-bond acceptors (Lipinski definition) is 17. The molecule has 18 nitrogen and oxygen atoms in total. The molecular formula is C18H32O18S. The van der Waals surface area contributed by atoms with Crippen molar-refractivity contribution < 1.29 is 86.8 Å². The fourth-order valence-electron chi connectivity index (χ4n) is 4.23. The van der Waals surface area contributed by atoms with Crippen LogP contribution in [0.5, 0.6) is 0 Å². The molecule has 0 aliphatic carbocycles. The first kappa shape index (κ1) is 30.8. The van der Waals surface area contributed by atoms with Crippen LogP contribution in [0.3, 0.4) is 0 Å². The number of hydrogen-bond donors (Lipinski definition) is 10. The van der Waals surface area contributed by atoms with E-state index in [1.54, 1.807) is 0 Å². The van der Waals surface area contributed by atoms with Crippen molar-refractivity contribution in [1.82, 2.24) is 0 Å². The topological polar surface area (TPSA) is 292 Å². The van der Waals surface area contributed by atoms with Gasteiger partial charge < -0.3 is 69.6 Å². The summed E-state index contributed by atoms with van der Waals surface area (Å²) < 4.78 is 62.5. The van der Waals surface area contributed by atoms with E-state index in [0.717, 1.165) is 0 Å². The normalized spacial score (nSPS) is 49.6. The molecule has 218 valence electrons. The lowest BCUT2D eigenvalue weighted by Crippen LogP contribution is -2.67. The summed E-state index contributed by atoms with van der Waals surface area (Å²) in [6.07, 6.45) is -26.6. The summed E-state index contributed by atoms with van der Waals surface area (Å²) in [4.78, 5) is 0. The summed E-state index contributed by atoms with van der Waals surface area (Å²) in [6, 6.07) is 0. The molecule has 3 heterocycles. The Morgan fingerprint density at radius 1 is 0.649 bits per heavy atom. The molecule has 15 atom stereocenters. The first-order chi connectivity index (χ1) is 17.2. The van der Waals surface area contributed by atoms with Gasteiger partial charge in [0.1, 0.15) is 67.1 Å². The van der Waals surface area contributed by atoms with Gasteiger partial charge in [0, 0.05) is 0 Å². The Labute approximate surface area is 210 Å². The van der Waals surface area contributed by atoms with Crippen LogP contribution in [0.25, 0.3) is 0 Å². The van der Waals surface area contributed by atoms with Gasteiger partial charge in [-0.2, -0.15) is 8.42 Å². The molecular weight excluding hydrogens is 536 g/mol. The van der Waals surface area contributed by atoms with Gasteiger partial charge in [-0.3, -0.25) is 4.55 Å². The molecule has 37 heavy (non-hydrogen) atoms. The second-order valence-electron chi connectivity index (χ2n) is 8.82. The smallest absolute Gasteiger partial charge is 0.394 e. The number of aliphatic hydroxyl groups is 9. The van der Waals surface area contributed by atoms with Crippen LogP contribution in [0, 0.1) is 0 Å². The molecule has 3 aliphatic heterocycles. The van der Waals surface area contributed by atoms with Gasteiger partial charge in [0.2, 0.25) is 0 Å². The average Bonchev–Trinajstić information content (AvgIpc) is 2.83. The lowest BCUT2D eigenvalue weighted by atomic mass is 9.96. The molecule has 0 aromatic carbocycles. The zero-order valence-electron chi connectivity index (χ0n) is 19.2. The second-order valence-corrected chi connectivity index (χ2v) is 9.86. The summed E-state index contributed by atoms with van der Waals surface area (Å²) in [7, 11) is -5.22. The van der Waals surface area contributed by atoms with E-state index in [4.69, 9.17) is 28.2 Å². The van der Waals surface area contributed by atoms with E-state index in [1.165, 1.54) is 6.92 Å². The Hall–Kier alpha value is -0.690. The zero-order valence-corrected chi connectivity index (χ0v) is 20.0. The van der Waals surface area contributed by atoms with Crippen LogP contribution in [0.2, 0.25) is 0 Å². The first-order valence-corrected chi connectivity index (χ1v) is 12.5. The van der Waals surface area contributed by atoms with E-state index in [2.05, 4.69) is 4.18 Å². The maximum absolute atomic E-state index is 11.2. The Morgan fingerprint density at radius 2 is 1.22 bits per heavy atom. The largest absolute Gasteiger partial charge is 0.397 e. The molecule has 0 unspecified atom stereocenters. The minimum absolute atomic E-state index is 0.889. The summed E-state index contributed by atoms with van der Waals surface area (Å²) in [5, 5.41) is 90.8. The van der Waals surface area contributed by atoms with Gasteiger partial charge in [0.15, 0.2) is 18.9 Å². The minimum atomic E-state index is -5.22. The van der Waals surface area contributed by atoms with Crippen molar-refractivity contribution in [3.63, 3.8) is 0 Å². The van der Waals surface area contributed by atoms with Crippen molar-refractivity contribution in [3.05, 3.63) is 0 Å². The Morgan fingerprint density at radius 3 is 1.78 bits per heavy atom. The van der Waals surface area contributed by atoms with Crippen molar-refractivity contribution in [2.75, 3.05) is 13.2 Å². The third-order valence-electron chi connectivity index (χ3n) is 6.26. The predicted octanol–water partition coefficient (Wildman–Crippen LogP) is -6.72. The molecule has 0 amide bonds. The minimum Gasteiger partial charge on any atom is -0.394 e. The van der Waals surface area contributed by atoms with Crippen LogP contribution in [-0.2, 0) is 38.3 Å². The average molecular weight is 569 g/mol. The van der Waals surface area contributed by atoms with Gasteiger partial charge in [0.05, 0.1) is 19.3 Å². The van der Waals surface area contributed by atoms with E-state index in [-0.39, 0.29) is 0 Å². The molecule has 0 aromatic heterocycles. The molecule has 0 spiro atoms. The Bertz CT molecular complexity index is 845. The summed E-state index contributed by atoms with van der Waals surface area (Å²) in [5.74, 6) is 0. The quantitative estimate of drug-likeness (QED) is 0.122. The maximum Gasteiger partial charge on any atom is 0.397 e. The fraction of sp³-hybridized carbons (Fsp3) is 1.00. The van der Waals surface area contributed by atoms with Crippen molar-refractivity contribution in [1.29, 1.82) is 0 Å². The van der Waals surface area contributed by atoms with Gasteiger partial charge in [-0.05, 0) is 6.92 Å². The Kier molecular flexibility index (Phi) is 10.2. The molecule has 0 radical (unpaired) electrons. The molecule has 3 aliphatic rings. The third-order valence-corrected chi connectivity index (χ3v) is 6.72. The van der Waals surface area contributed by atoms with Crippen LogP contribution in [0.4, 0.5) is 0 Å². The van der Waals surface area contributed by atoms with E-state index < -0.39 is 116 Å². The predicted molar refractivity (Wildman–Crippen MR) is 110 cm³/mol. The van der Waals surface area contributed by atoms with Gasteiger partial charge >= 0.3 is 10.4 Å². The highest BCUT2D eigenvalue weighted by Crippen LogP contribution is 2.33. The summed E-state index contributed by atoms with van der Waals surface area (Å²) in [5.41, 5.74) is 0. The molecule has 0 aromatic rings. The highest BCUT2D eigenvalue weighted by Gasteiger charge is 2.54. The van der Waals surface area contributed by atoms with Crippen LogP contribution < -0.4 is 0 Å². The molecule has 3 saturated heterocycles. The van der Waals surface area contributed by atoms with Gasteiger partial charge in [-0.1, -0.05) is 0 Å². The fourth-order valence-corrected chi connectivity index (χ4v) is 4.74. The van der Waals surface area contributed by atoms with E-state index in [1.807, 2.05) is 0 Å². The highest BCUT2D eigenvalue weighted by molar-refractivity contribution is 7.80. The molecule has 0 bridgehead atoms. The number of aliphatic hydroxyl groups excluding tert-OH is 9. The molecule has 10 N–H and O–H groups in total. The van der Waals surface area contributed by atoms with Crippen LogP contribution >= 0.6 is 0 Å². The van der Waals surface area contributed by atoms with Crippen molar-refractivity contribution >= 4 is 10.4 Å². The first-order valence-electron chi connectivity index (χ1n) is 11.1. The van der Waals surface area contributed by atoms with Gasteiger partial charge in [-0.15, -0.1) is 0 Å². The van der Waals surface area contributed by atoms with E-state index in [0.29, 0.717) is 0 Å². The maximum atomic E-state index is 11.2. The van der Waals surface area contributed by atoms with Crippen molar-refractivity contribution in [2.45, 2.75) is 99.0 Å².